The number of benzene rings is 1. The van der Waals surface area contributed by atoms with Gasteiger partial charge in [0, 0.05) is 13.1 Å². The highest BCUT2D eigenvalue weighted by Crippen LogP contribution is 2.25. The average Bonchev–Trinajstić information content (AvgIpc) is 2.46. The average molecular weight is 416 g/mol. The Labute approximate surface area is 157 Å². The Morgan fingerprint density at radius 1 is 1.28 bits per heavy atom. The van der Waals surface area contributed by atoms with Gasteiger partial charge in [-0.3, -0.25) is 0 Å². The number of carbonyl (C=O) groups excluding carboxylic acids is 2. The van der Waals surface area contributed by atoms with Crippen molar-refractivity contribution in [1.82, 2.24) is 4.90 Å². The van der Waals surface area contributed by atoms with Crippen molar-refractivity contribution >= 4 is 28.0 Å². The quantitative estimate of drug-likeness (QED) is 0.726. The number of phenolic OH excluding ortho intramolecular Hbond substituents is 1. The molecule has 140 valence electrons. The van der Waals surface area contributed by atoms with Crippen LogP contribution in [0.15, 0.2) is 22.7 Å². The molecule has 1 amide bonds. The first-order valence-corrected chi connectivity index (χ1v) is 8.87. The summed E-state index contributed by atoms with van der Waals surface area (Å²) in [7, 11) is 3.13. The maximum absolute atomic E-state index is 11.5. The SMILES string of the molecule is CN(C(=O)OC(C)(C)C)C1CCC1.COC(=O)c1ccc(O)c(Br)c1. The molecule has 1 N–H and O–H groups in total. The number of hydrogen-bond acceptors (Lipinski definition) is 5. The third-order valence-electron chi connectivity index (χ3n) is 3.67. The molecule has 7 heteroatoms. The molecule has 0 atom stereocenters. The van der Waals surface area contributed by atoms with Gasteiger partial charge in [0.15, 0.2) is 0 Å². The van der Waals surface area contributed by atoms with Crippen LogP contribution >= 0.6 is 15.9 Å². The largest absolute Gasteiger partial charge is 0.507 e. The highest BCUT2D eigenvalue weighted by atomic mass is 79.9. The molecule has 1 aliphatic rings. The number of amides is 1. The van der Waals surface area contributed by atoms with Gasteiger partial charge in [-0.1, -0.05) is 0 Å². The van der Waals surface area contributed by atoms with E-state index in [9.17, 15) is 9.59 Å². The van der Waals surface area contributed by atoms with E-state index in [0.717, 1.165) is 12.8 Å². The number of methoxy groups -OCH3 is 1. The molecule has 1 saturated carbocycles. The van der Waals surface area contributed by atoms with Gasteiger partial charge in [-0.2, -0.15) is 0 Å². The first kappa shape index (κ1) is 21.3. The number of aromatic hydroxyl groups is 1. The second-order valence-corrected chi connectivity index (χ2v) is 7.69. The smallest absolute Gasteiger partial charge is 0.410 e. The maximum atomic E-state index is 11.5. The van der Waals surface area contributed by atoms with E-state index < -0.39 is 5.97 Å². The third-order valence-corrected chi connectivity index (χ3v) is 4.31. The lowest BCUT2D eigenvalue weighted by Crippen LogP contribution is -2.43. The van der Waals surface area contributed by atoms with Gasteiger partial charge in [0.1, 0.15) is 11.4 Å². The van der Waals surface area contributed by atoms with Crippen LogP contribution in [0.25, 0.3) is 0 Å². The lowest BCUT2D eigenvalue weighted by atomic mass is 9.92. The van der Waals surface area contributed by atoms with Crippen molar-refractivity contribution in [2.75, 3.05) is 14.2 Å². The van der Waals surface area contributed by atoms with Crippen LogP contribution in [0.2, 0.25) is 0 Å². The van der Waals surface area contributed by atoms with E-state index in [1.165, 1.54) is 31.7 Å². The summed E-state index contributed by atoms with van der Waals surface area (Å²) in [6, 6.07) is 4.83. The van der Waals surface area contributed by atoms with Gasteiger partial charge in [0.25, 0.3) is 0 Å². The zero-order chi connectivity index (χ0) is 19.2. The molecule has 1 aromatic carbocycles. The molecule has 0 bridgehead atoms. The predicted molar refractivity (Wildman–Crippen MR) is 98.8 cm³/mol. The van der Waals surface area contributed by atoms with Gasteiger partial charge >= 0.3 is 12.1 Å². The maximum Gasteiger partial charge on any atom is 0.410 e. The Bertz CT molecular complexity index is 608. The molecule has 0 spiro atoms. The van der Waals surface area contributed by atoms with Crippen LogP contribution in [0, 0.1) is 0 Å². The Balaban J connectivity index is 0.000000251. The molecule has 0 aromatic heterocycles. The third kappa shape index (κ3) is 6.94. The fraction of sp³-hybridized carbons (Fsp3) is 0.556. The number of rotatable bonds is 2. The van der Waals surface area contributed by atoms with Gasteiger partial charge in [-0.15, -0.1) is 0 Å². The van der Waals surface area contributed by atoms with Gasteiger partial charge in [0.2, 0.25) is 0 Å². The summed E-state index contributed by atoms with van der Waals surface area (Å²) in [5.41, 5.74) is 0.0249. The van der Waals surface area contributed by atoms with Crippen LogP contribution in [0.3, 0.4) is 0 Å². The molecule has 0 saturated heterocycles. The molecule has 0 radical (unpaired) electrons. The van der Waals surface area contributed by atoms with Gasteiger partial charge in [-0.05, 0) is 74.2 Å². The summed E-state index contributed by atoms with van der Waals surface area (Å²) >= 11 is 3.09. The van der Waals surface area contributed by atoms with Crippen molar-refractivity contribution in [3.05, 3.63) is 28.2 Å². The minimum atomic E-state index is -0.421. The van der Waals surface area contributed by atoms with Crippen molar-refractivity contribution < 1.29 is 24.2 Å². The summed E-state index contributed by atoms with van der Waals surface area (Å²) < 4.78 is 10.2. The zero-order valence-corrected chi connectivity index (χ0v) is 16.9. The Morgan fingerprint density at radius 3 is 2.28 bits per heavy atom. The number of hydrogen-bond donors (Lipinski definition) is 1. The first-order chi connectivity index (χ1) is 11.5. The lowest BCUT2D eigenvalue weighted by molar-refractivity contribution is 0.0145. The molecule has 1 aromatic rings. The predicted octanol–water partition coefficient (Wildman–Crippen LogP) is 4.35. The topological polar surface area (TPSA) is 76.1 Å². The molecular weight excluding hydrogens is 390 g/mol. The van der Waals surface area contributed by atoms with Crippen molar-refractivity contribution in [3.8, 4) is 5.75 Å². The lowest BCUT2D eigenvalue weighted by Gasteiger charge is -2.35. The second-order valence-electron chi connectivity index (χ2n) is 6.83. The van der Waals surface area contributed by atoms with Crippen LogP contribution in [0.5, 0.6) is 5.75 Å². The second kappa shape index (κ2) is 9.08. The molecule has 1 aliphatic carbocycles. The van der Waals surface area contributed by atoms with Crippen molar-refractivity contribution in [2.24, 2.45) is 0 Å². The minimum Gasteiger partial charge on any atom is -0.507 e. The fourth-order valence-corrected chi connectivity index (χ4v) is 2.39. The van der Waals surface area contributed by atoms with Gasteiger partial charge < -0.3 is 19.5 Å². The number of esters is 1. The summed E-state index contributed by atoms with van der Waals surface area (Å²) in [6.45, 7) is 5.67. The van der Waals surface area contributed by atoms with E-state index in [-0.39, 0.29) is 17.4 Å². The fourth-order valence-electron chi connectivity index (χ4n) is 2.01. The number of nitrogens with zero attached hydrogens (tertiary/aromatic N) is 1. The number of halogens is 1. The molecule has 1 fully saturated rings. The minimum absolute atomic E-state index is 0.0997. The molecule has 0 unspecified atom stereocenters. The summed E-state index contributed by atoms with van der Waals surface area (Å²) in [5, 5.41) is 9.10. The van der Waals surface area contributed by atoms with Crippen LogP contribution in [-0.4, -0.2) is 47.9 Å². The zero-order valence-electron chi connectivity index (χ0n) is 15.3. The normalized spacial score (nSPS) is 13.8. The number of carbonyl (C=O) groups is 2. The number of ether oxygens (including phenoxy) is 2. The van der Waals surface area contributed by atoms with E-state index in [1.807, 2.05) is 27.8 Å². The van der Waals surface area contributed by atoms with E-state index >= 15 is 0 Å². The Morgan fingerprint density at radius 2 is 1.88 bits per heavy atom. The molecule has 25 heavy (non-hydrogen) atoms. The summed E-state index contributed by atoms with van der Waals surface area (Å²) in [5.74, 6) is -0.321. The molecule has 6 nitrogen and oxygen atoms in total. The highest BCUT2D eigenvalue weighted by molar-refractivity contribution is 9.10. The highest BCUT2D eigenvalue weighted by Gasteiger charge is 2.28. The molecular formula is C18H26BrNO5. The Hall–Kier alpha value is -1.76. The van der Waals surface area contributed by atoms with Crippen molar-refractivity contribution in [2.45, 2.75) is 51.7 Å². The van der Waals surface area contributed by atoms with E-state index in [4.69, 9.17) is 9.84 Å². The van der Waals surface area contributed by atoms with E-state index in [0.29, 0.717) is 16.1 Å². The summed E-state index contributed by atoms with van der Waals surface area (Å²) in [4.78, 5) is 24.2. The molecule has 0 aliphatic heterocycles. The Kier molecular flexibility index (Phi) is 7.73. The van der Waals surface area contributed by atoms with E-state index in [2.05, 4.69) is 20.7 Å². The molecule has 2 rings (SSSR count). The monoisotopic (exact) mass is 415 g/mol. The van der Waals surface area contributed by atoms with Crippen LogP contribution < -0.4 is 0 Å². The number of phenols is 1. The van der Waals surface area contributed by atoms with Crippen molar-refractivity contribution in [3.63, 3.8) is 0 Å². The van der Waals surface area contributed by atoms with E-state index in [1.54, 1.807) is 4.90 Å². The standard InChI is InChI=1S/C10H19NO2.C8H7BrO3/c1-10(2,3)13-9(12)11(4)8-6-5-7-8;1-12-8(11)5-2-3-7(10)6(9)4-5/h8H,5-7H2,1-4H3;2-4,10H,1H3. The summed E-state index contributed by atoms with van der Waals surface area (Å²) in [6.07, 6.45) is 3.28. The van der Waals surface area contributed by atoms with Crippen LogP contribution in [-0.2, 0) is 9.47 Å². The van der Waals surface area contributed by atoms with Gasteiger partial charge in [-0.25, -0.2) is 9.59 Å². The van der Waals surface area contributed by atoms with Crippen molar-refractivity contribution in [1.29, 1.82) is 0 Å². The van der Waals surface area contributed by atoms with Gasteiger partial charge in [0.05, 0.1) is 17.1 Å². The molecule has 0 heterocycles. The van der Waals surface area contributed by atoms with Crippen LogP contribution in [0.1, 0.15) is 50.4 Å². The van der Waals surface area contributed by atoms with Crippen LogP contribution in [0.4, 0.5) is 4.79 Å². The first-order valence-electron chi connectivity index (χ1n) is 8.08.